The third kappa shape index (κ3) is 2.89. The van der Waals surface area contributed by atoms with Gasteiger partial charge in [0, 0.05) is 13.1 Å². The fraction of sp³-hybridized carbons (Fsp3) is 0.500. The van der Waals surface area contributed by atoms with Gasteiger partial charge in [-0.05, 0) is 19.4 Å². The molecule has 1 aliphatic rings. The van der Waals surface area contributed by atoms with E-state index in [1.54, 1.807) is 6.92 Å². The Bertz CT molecular complexity index is 407. The van der Waals surface area contributed by atoms with E-state index < -0.39 is 12.0 Å². The first-order chi connectivity index (χ1) is 8.58. The first kappa shape index (κ1) is 13.1. The molecule has 1 saturated heterocycles. The fourth-order valence-corrected chi connectivity index (χ4v) is 2.31. The number of ether oxygens (including phenoxy) is 1. The molecule has 0 bridgehead atoms. The van der Waals surface area contributed by atoms with E-state index in [4.69, 9.17) is 9.84 Å². The van der Waals surface area contributed by atoms with Crippen LogP contribution in [0.4, 0.5) is 0 Å². The van der Waals surface area contributed by atoms with Crippen LogP contribution in [0.3, 0.4) is 0 Å². The molecule has 4 heteroatoms. The van der Waals surface area contributed by atoms with E-state index in [9.17, 15) is 4.79 Å². The summed E-state index contributed by atoms with van der Waals surface area (Å²) < 4.78 is 5.90. The van der Waals surface area contributed by atoms with Crippen LogP contribution in [0.1, 0.15) is 25.5 Å². The van der Waals surface area contributed by atoms with Crippen molar-refractivity contribution >= 4 is 5.97 Å². The first-order valence-corrected chi connectivity index (χ1v) is 6.25. The molecule has 1 aliphatic heterocycles. The maximum Gasteiger partial charge on any atom is 0.320 e. The van der Waals surface area contributed by atoms with Crippen LogP contribution in [0.5, 0.6) is 0 Å². The lowest BCUT2D eigenvalue weighted by molar-refractivity contribution is -0.148. The molecule has 0 aromatic heterocycles. The van der Waals surface area contributed by atoms with Crippen LogP contribution in [0, 0.1) is 0 Å². The normalized spacial score (nSPS) is 26.8. The van der Waals surface area contributed by atoms with Gasteiger partial charge in [-0.3, -0.25) is 9.69 Å². The van der Waals surface area contributed by atoms with Crippen LogP contribution in [0.15, 0.2) is 30.3 Å². The highest BCUT2D eigenvalue weighted by atomic mass is 16.5. The minimum Gasteiger partial charge on any atom is -0.480 e. The third-order valence-electron chi connectivity index (χ3n) is 3.36. The highest BCUT2D eigenvalue weighted by molar-refractivity contribution is 5.72. The molecule has 1 N–H and O–H groups in total. The van der Waals surface area contributed by atoms with Crippen molar-refractivity contribution in [1.82, 2.24) is 4.90 Å². The molecular weight excluding hydrogens is 230 g/mol. The summed E-state index contributed by atoms with van der Waals surface area (Å²) in [5.41, 5.74) is 1.10. The van der Waals surface area contributed by atoms with Crippen LogP contribution in [-0.4, -0.2) is 41.2 Å². The summed E-state index contributed by atoms with van der Waals surface area (Å²) in [6, 6.07) is 9.49. The summed E-state index contributed by atoms with van der Waals surface area (Å²) in [5.74, 6) is -0.782. The van der Waals surface area contributed by atoms with E-state index in [0.717, 1.165) is 5.56 Å². The van der Waals surface area contributed by atoms with Crippen molar-refractivity contribution in [1.29, 1.82) is 0 Å². The average Bonchev–Trinajstić information content (AvgIpc) is 2.38. The van der Waals surface area contributed by atoms with Crippen LogP contribution < -0.4 is 0 Å². The van der Waals surface area contributed by atoms with E-state index in [0.29, 0.717) is 13.1 Å². The number of carboxylic acid groups (broad SMARTS) is 1. The van der Waals surface area contributed by atoms with Crippen LogP contribution in [0.25, 0.3) is 0 Å². The monoisotopic (exact) mass is 249 g/mol. The maximum absolute atomic E-state index is 11.1. The quantitative estimate of drug-likeness (QED) is 0.889. The number of nitrogens with zero attached hydrogens (tertiary/aromatic N) is 1. The first-order valence-electron chi connectivity index (χ1n) is 6.25. The third-order valence-corrected chi connectivity index (χ3v) is 3.36. The van der Waals surface area contributed by atoms with Gasteiger partial charge in [0.1, 0.15) is 6.04 Å². The second kappa shape index (κ2) is 5.50. The van der Waals surface area contributed by atoms with Crippen molar-refractivity contribution in [2.24, 2.45) is 0 Å². The van der Waals surface area contributed by atoms with Gasteiger partial charge in [-0.1, -0.05) is 30.3 Å². The second-order valence-corrected chi connectivity index (χ2v) is 4.81. The molecule has 1 aromatic carbocycles. The van der Waals surface area contributed by atoms with Crippen molar-refractivity contribution in [3.63, 3.8) is 0 Å². The predicted molar refractivity (Wildman–Crippen MR) is 68.4 cm³/mol. The lowest BCUT2D eigenvalue weighted by Crippen LogP contribution is -2.49. The number of aliphatic carboxylic acids is 1. The Morgan fingerprint density at radius 2 is 2.06 bits per heavy atom. The summed E-state index contributed by atoms with van der Waals surface area (Å²) in [5, 5.41) is 9.09. The lowest BCUT2D eigenvalue weighted by atomic mass is 10.1. The molecule has 1 heterocycles. The van der Waals surface area contributed by atoms with Gasteiger partial charge >= 0.3 is 5.97 Å². The SMILES string of the molecule is C[C@@H]1CN([C@H](C)C(=O)O)C[C@@H](c2ccccc2)O1. The van der Waals surface area contributed by atoms with Crippen molar-refractivity contribution in [3.8, 4) is 0 Å². The zero-order chi connectivity index (χ0) is 13.1. The molecule has 1 aromatic rings. The van der Waals surface area contributed by atoms with Gasteiger partial charge in [0.15, 0.2) is 0 Å². The second-order valence-electron chi connectivity index (χ2n) is 4.81. The van der Waals surface area contributed by atoms with E-state index in [-0.39, 0.29) is 12.2 Å². The smallest absolute Gasteiger partial charge is 0.320 e. The summed E-state index contributed by atoms with van der Waals surface area (Å²) in [6.07, 6.45) is 0.00232. The van der Waals surface area contributed by atoms with Crippen molar-refractivity contribution < 1.29 is 14.6 Å². The summed E-state index contributed by atoms with van der Waals surface area (Å²) >= 11 is 0. The summed E-state index contributed by atoms with van der Waals surface area (Å²) in [7, 11) is 0. The lowest BCUT2D eigenvalue weighted by Gasteiger charge is -2.38. The molecule has 0 aliphatic carbocycles. The summed E-state index contributed by atoms with van der Waals surface area (Å²) in [4.78, 5) is 13.0. The molecule has 1 fully saturated rings. The Morgan fingerprint density at radius 3 is 2.67 bits per heavy atom. The molecule has 0 saturated carbocycles. The number of hydrogen-bond donors (Lipinski definition) is 1. The number of carboxylic acids is 1. The van der Waals surface area contributed by atoms with Crippen molar-refractivity contribution in [3.05, 3.63) is 35.9 Å². The maximum atomic E-state index is 11.1. The number of hydrogen-bond acceptors (Lipinski definition) is 3. The number of benzene rings is 1. The van der Waals surface area contributed by atoms with E-state index in [2.05, 4.69) is 0 Å². The molecule has 0 unspecified atom stereocenters. The number of rotatable bonds is 3. The standard InChI is InChI=1S/C14H19NO3/c1-10-8-15(11(2)14(16)17)9-13(18-10)12-6-4-3-5-7-12/h3-7,10-11,13H,8-9H2,1-2H3,(H,16,17)/t10-,11-,13+/m1/s1. The molecule has 18 heavy (non-hydrogen) atoms. The molecule has 0 amide bonds. The Balaban J connectivity index is 2.12. The predicted octanol–water partition coefficient (Wildman–Crippen LogP) is 1.92. The topological polar surface area (TPSA) is 49.8 Å². The number of carbonyl (C=O) groups is 1. The Kier molecular flexibility index (Phi) is 3.99. The summed E-state index contributed by atoms with van der Waals surface area (Å²) in [6.45, 7) is 5.00. The van der Waals surface area contributed by atoms with Gasteiger partial charge in [0.25, 0.3) is 0 Å². The molecule has 98 valence electrons. The minimum atomic E-state index is -0.782. The average molecular weight is 249 g/mol. The molecule has 0 radical (unpaired) electrons. The van der Waals surface area contributed by atoms with Crippen LogP contribution in [-0.2, 0) is 9.53 Å². The van der Waals surface area contributed by atoms with Gasteiger partial charge in [0.05, 0.1) is 12.2 Å². The van der Waals surface area contributed by atoms with E-state index >= 15 is 0 Å². The van der Waals surface area contributed by atoms with Crippen LogP contribution >= 0.6 is 0 Å². The van der Waals surface area contributed by atoms with E-state index in [1.807, 2.05) is 42.2 Å². The highest BCUT2D eigenvalue weighted by Crippen LogP contribution is 2.26. The minimum absolute atomic E-state index is 0.0447. The van der Waals surface area contributed by atoms with Crippen LogP contribution in [0.2, 0.25) is 0 Å². The highest BCUT2D eigenvalue weighted by Gasteiger charge is 2.31. The number of morpholine rings is 1. The van der Waals surface area contributed by atoms with Gasteiger partial charge in [-0.25, -0.2) is 0 Å². The molecule has 4 nitrogen and oxygen atoms in total. The van der Waals surface area contributed by atoms with Gasteiger partial charge in [-0.2, -0.15) is 0 Å². The van der Waals surface area contributed by atoms with E-state index in [1.165, 1.54) is 0 Å². The van der Waals surface area contributed by atoms with Crippen molar-refractivity contribution in [2.75, 3.05) is 13.1 Å². The Morgan fingerprint density at radius 1 is 1.39 bits per heavy atom. The van der Waals surface area contributed by atoms with Gasteiger partial charge in [-0.15, -0.1) is 0 Å². The zero-order valence-electron chi connectivity index (χ0n) is 10.7. The molecule has 0 spiro atoms. The fourth-order valence-electron chi connectivity index (χ4n) is 2.31. The van der Waals surface area contributed by atoms with Crippen molar-refractivity contribution in [2.45, 2.75) is 32.1 Å². The Labute approximate surface area is 107 Å². The van der Waals surface area contributed by atoms with Gasteiger partial charge < -0.3 is 9.84 Å². The zero-order valence-corrected chi connectivity index (χ0v) is 10.7. The Hall–Kier alpha value is -1.39. The largest absolute Gasteiger partial charge is 0.480 e. The molecule has 2 rings (SSSR count). The van der Waals surface area contributed by atoms with Gasteiger partial charge in [0.2, 0.25) is 0 Å². The molecular formula is C14H19NO3. The molecule has 3 atom stereocenters.